The van der Waals surface area contributed by atoms with E-state index in [4.69, 9.17) is 0 Å². The molecule has 0 atom stereocenters. The molecule has 0 saturated carbocycles. The molecule has 1 aromatic heterocycles. The Balaban J connectivity index is 2.81. The summed E-state index contributed by atoms with van der Waals surface area (Å²) in [7, 11) is 0. The normalized spacial score (nSPS) is 10.2. The van der Waals surface area contributed by atoms with Crippen molar-refractivity contribution in [1.29, 1.82) is 0 Å². The number of nitrogens with zero attached hydrogens (tertiary/aromatic N) is 2. The first-order valence-electron chi connectivity index (χ1n) is 6.02. The fraction of sp³-hybridized carbons (Fsp3) is 0.667. The second kappa shape index (κ2) is 6.30. The summed E-state index contributed by atoms with van der Waals surface area (Å²) in [5.74, 6) is 2.70. The van der Waals surface area contributed by atoms with Crippen LogP contribution in [0.4, 0.5) is 11.6 Å². The van der Waals surface area contributed by atoms with Gasteiger partial charge in [0.25, 0.3) is 0 Å². The zero-order chi connectivity index (χ0) is 12.0. The molecule has 2 N–H and O–H groups in total. The number of aryl methyl sites for hydroxylation is 1. The molecule has 1 rings (SSSR count). The average molecular weight is 222 g/mol. The molecule has 0 aliphatic rings. The predicted molar refractivity (Wildman–Crippen MR) is 69.1 cm³/mol. The van der Waals surface area contributed by atoms with Crippen LogP contribution in [0.3, 0.4) is 0 Å². The predicted octanol–water partition coefficient (Wildman–Crippen LogP) is 2.74. The van der Waals surface area contributed by atoms with Gasteiger partial charge in [-0.15, -0.1) is 0 Å². The summed E-state index contributed by atoms with van der Waals surface area (Å²) >= 11 is 0. The molecule has 0 amide bonds. The van der Waals surface area contributed by atoms with Crippen molar-refractivity contribution in [3.05, 3.63) is 11.4 Å². The van der Waals surface area contributed by atoms with Crippen LogP contribution in [-0.2, 0) is 0 Å². The Hall–Kier alpha value is -1.32. The van der Waals surface area contributed by atoms with E-state index in [2.05, 4.69) is 34.4 Å². The molecule has 0 aromatic carbocycles. The number of hydrogen-bond acceptors (Lipinski definition) is 4. The van der Waals surface area contributed by atoms with Crippen molar-refractivity contribution in [3.8, 4) is 0 Å². The SMILES string of the molecule is CCCCNc1nc(C)nc(NCC)c1C. The van der Waals surface area contributed by atoms with Crippen LogP contribution in [0.15, 0.2) is 0 Å². The van der Waals surface area contributed by atoms with Crippen molar-refractivity contribution in [2.45, 2.75) is 40.5 Å². The molecule has 0 saturated heterocycles. The van der Waals surface area contributed by atoms with Crippen LogP contribution in [0.25, 0.3) is 0 Å². The quantitative estimate of drug-likeness (QED) is 0.727. The second-order valence-electron chi connectivity index (χ2n) is 3.90. The molecule has 0 spiro atoms. The molecule has 0 unspecified atom stereocenters. The fourth-order valence-electron chi connectivity index (χ4n) is 1.52. The van der Waals surface area contributed by atoms with Crippen LogP contribution in [0.2, 0.25) is 0 Å². The maximum atomic E-state index is 4.43. The molecule has 1 heterocycles. The minimum atomic E-state index is 0.806. The van der Waals surface area contributed by atoms with Crippen LogP contribution in [0, 0.1) is 13.8 Å². The van der Waals surface area contributed by atoms with Gasteiger partial charge in [0, 0.05) is 18.7 Å². The third-order valence-corrected chi connectivity index (χ3v) is 2.42. The number of unbranched alkanes of at least 4 members (excludes halogenated alkanes) is 1. The highest BCUT2D eigenvalue weighted by Crippen LogP contribution is 2.19. The number of rotatable bonds is 6. The van der Waals surface area contributed by atoms with E-state index in [1.54, 1.807) is 0 Å². The smallest absolute Gasteiger partial charge is 0.134 e. The van der Waals surface area contributed by atoms with E-state index >= 15 is 0 Å². The van der Waals surface area contributed by atoms with Crippen molar-refractivity contribution >= 4 is 11.6 Å². The van der Waals surface area contributed by atoms with E-state index in [0.29, 0.717) is 0 Å². The molecule has 0 aliphatic carbocycles. The van der Waals surface area contributed by atoms with Gasteiger partial charge in [0.05, 0.1) is 0 Å². The van der Waals surface area contributed by atoms with Gasteiger partial charge >= 0.3 is 0 Å². The van der Waals surface area contributed by atoms with Gasteiger partial charge < -0.3 is 10.6 Å². The van der Waals surface area contributed by atoms with E-state index in [1.807, 2.05) is 13.8 Å². The molecule has 0 bridgehead atoms. The summed E-state index contributed by atoms with van der Waals surface area (Å²) in [6, 6.07) is 0. The van der Waals surface area contributed by atoms with Crippen LogP contribution in [0.1, 0.15) is 38.1 Å². The molecule has 4 heteroatoms. The van der Waals surface area contributed by atoms with E-state index < -0.39 is 0 Å². The maximum absolute atomic E-state index is 4.43. The molecule has 0 fully saturated rings. The van der Waals surface area contributed by atoms with Gasteiger partial charge in [-0.25, -0.2) is 9.97 Å². The Labute approximate surface area is 97.9 Å². The molecule has 1 aromatic rings. The highest BCUT2D eigenvalue weighted by Gasteiger charge is 2.07. The standard InChI is InChI=1S/C12H22N4/c1-5-7-8-14-12-9(3)11(13-6-2)15-10(4)16-12/h5-8H2,1-4H3,(H2,13,14,15,16). The lowest BCUT2D eigenvalue weighted by molar-refractivity contribution is 0.827. The van der Waals surface area contributed by atoms with Gasteiger partial charge in [-0.05, 0) is 27.2 Å². The molecule has 16 heavy (non-hydrogen) atoms. The number of anilines is 2. The average Bonchev–Trinajstić information content (AvgIpc) is 2.25. The van der Waals surface area contributed by atoms with Crippen LogP contribution in [-0.4, -0.2) is 23.1 Å². The van der Waals surface area contributed by atoms with Gasteiger partial charge in [0.2, 0.25) is 0 Å². The monoisotopic (exact) mass is 222 g/mol. The maximum Gasteiger partial charge on any atom is 0.134 e. The van der Waals surface area contributed by atoms with Gasteiger partial charge in [0.1, 0.15) is 17.5 Å². The third-order valence-electron chi connectivity index (χ3n) is 2.42. The number of nitrogens with one attached hydrogen (secondary N) is 2. The Kier molecular flexibility index (Phi) is 5.02. The lowest BCUT2D eigenvalue weighted by Crippen LogP contribution is -2.10. The first-order chi connectivity index (χ1) is 7.69. The molecule has 90 valence electrons. The topological polar surface area (TPSA) is 49.8 Å². The van der Waals surface area contributed by atoms with Crippen molar-refractivity contribution in [1.82, 2.24) is 9.97 Å². The summed E-state index contributed by atoms with van der Waals surface area (Å²) < 4.78 is 0. The van der Waals surface area contributed by atoms with E-state index in [0.717, 1.165) is 36.1 Å². The molecular formula is C12H22N4. The number of hydrogen-bond donors (Lipinski definition) is 2. The van der Waals surface area contributed by atoms with Crippen molar-refractivity contribution in [2.75, 3.05) is 23.7 Å². The second-order valence-corrected chi connectivity index (χ2v) is 3.90. The number of aromatic nitrogens is 2. The lowest BCUT2D eigenvalue weighted by atomic mass is 10.3. The molecule has 4 nitrogen and oxygen atoms in total. The van der Waals surface area contributed by atoms with Gasteiger partial charge in [-0.3, -0.25) is 0 Å². The van der Waals surface area contributed by atoms with E-state index in [-0.39, 0.29) is 0 Å². The zero-order valence-electron chi connectivity index (χ0n) is 10.7. The Morgan fingerprint density at radius 1 is 1.00 bits per heavy atom. The largest absolute Gasteiger partial charge is 0.370 e. The lowest BCUT2D eigenvalue weighted by Gasteiger charge is -2.13. The van der Waals surface area contributed by atoms with Crippen molar-refractivity contribution in [3.63, 3.8) is 0 Å². The molecule has 0 radical (unpaired) electrons. The molecular weight excluding hydrogens is 200 g/mol. The third kappa shape index (κ3) is 3.36. The highest BCUT2D eigenvalue weighted by molar-refractivity contribution is 5.57. The van der Waals surface area contributed by atoms with Crippen LogP contribution < -0.4 is 10.6 Å². The zero-order valence-corrected chi connectivity index (χ0v) is 10.7. The van der Waals surface area contributed by atoms with Gasteiger partial charge in [0.15, 0.2) is 0 Å². The van der Waals surface area contributed by atoms with Crippen LogP contribution >= 0.6 is 0 Å². The highest BCUT2D eigenvalue weighted by atomic mass is 15.1. The van der Waals surface area contributed by atoms with Crippen molar-refractivity contribution in [2.24, 2.45) is 0 Å². The van der Waals surface area contributed by atoms with Gasteiger partial charge in [-0.1, -0.05) is 13.3 Å². The van der Waals surface area contributed by atoms with Crippen LogP contribution in [0.5, 0.6) is 0 Å². The van der Waals surface area contributed by atoms with E-state index in [1.165, 1.54) is 12.8 Å². The minimum absolute atomic E-state index is 0.806. The summed E-state index contributed by atoms with van der Waals surface area (Å²) in [4.78, 5) is 8.81. The first-order valence-corrected chi connectivity index (χ1v) is 6.02. The van der Waals surface area contributed by atoms with E-state index in [9.17, 15) is 0 Å². The summed E-state index contributed by atoms with van der Waals surface area (Å²) in [6.45, 7) is 10.1. The summed E-state index contributed by atoms with van der Waals surface area (Å²) in [5, 5.41) is 6.62. The first kappa shape index (κ1) is 12.7. The summed E-state index contributed by atoms with van der Waals surface area (Å²) in [5.41, 5.74) is 1.10. The minimum Gasteiger partial charge on any atom is -0.370 e. The van der Waals surface area contributed by atoms with Crippen molar-refractivity contribution < 1.29 is 0 Å². The summed E-state index contributed by atoms with van der Waals surface area (Å²) in [6.07, 6.45) is 2.36. The Bertz CT molecular complexity index is 336. The Morgan fingerprint density at radius 3 is 2.19 bits per heavy atom. The molecule has 0 aliphatic heterocycles. The fourth-order valence-corrected chi connectivity index (χ4v) is 1.52. The Morgan fingerprint density at radius 2 is 1.62 bits per heavy atom. The van der Waals surface area contributed by atoms with Gasteiger partial charge in [-0.2, -0.15) is 0 Å².